The smallest absolute Gasteiger partial charge is 0.312 e. The molecule has 0 aliphatic heterocycles. The van der Waals surface area contributed by atoms with Crippen molar-refractivity contribution in [2.45, 2.75) is 52.3 Å². The normalized spacial score (nSPS) is 13.4. The number of benzene rings is 1. The Kier molecular flexibility index (Phi) is 7.06. The zero-order valence-corrected chi connectivity index (χ0v) is 12.3. The van der Waals surface area contributed by atoms with E-state index in [4.69, 9.17) is 0 Å². The van der Waals surface area contributed by atoms with E-state index in [2.05, 4.69) is 19.2 Å². The third kappa shape index (κ3) is 5.95. The van der Waals surface area contributed by atoms with Crippen LogP contribution in [-0.2, 0) is 12.7 Å². The minimum absolute atomic E-state index is 0.493. The first kappa shape index (κ1) is 17.0. The van der Waals surface area contributed by atoms with Gasteiger partial charge in [0.05, 0.1) is 5.56 Å². The van der Waals surface area contributed by atoms with Crippen LogP contribution in [0.25, 0.3) is 0 Å². The molecule has 1 rings (SSSR count). The fourth-order valence-electron chi connectivity index (χ4n) is 2.22. The third-order valence-electron chi connectivity index (χ3n) is 3.56. The van der Waals surface area contributed by atoms with E-state index < -0.39 is 11.7 Å². The van der Waals surface area contributed by atoms with E-state index >= 15 is 0 Å². The summed E-state index contributed by atoms with van der Waals surface area (Å²) >= 11 is 0. The molecule has 1 aromatic rings. The molecule has 20 heavy (non-hydrogen) atoms. The first-order valence-corrected chi connectivity index (χ1v) is 7.34. The lowest BCUT2D eigenvalue weighted by Gasteiger charge is -2.15. The molecule has 0 aromatic heterocycles. The Bertz CT molecular complexity index is 388. The molecule has 1 N–H and O–H groups in total. The summed E-state index contributed by atoms with van der Waals surface area (Å²) in [4.78, 5) is 0. The molecule has 114 valence electrons. The van der Waals surface area contributed by atoms with Crippen LogP contribution in [0, 0.1) is 5.92 Å². The van der Waals surface area contributed by atoms with E-state index in [1.54, 1.807) is 6.07 Å². The Morgan fingerprint density at radius 3 is 2.55 bits per heavy atom. The summed E-state index contributed by atoms with van der Waals surface area (Å²) in [7, 11) is 0. The van der Waals surface area contributed by atoms with E-state index in [0.717, 1.165) is 19.0 Å². The molecule has 1 nitrogen and oxygen atoms in total. The fourth-order valence-corrected chi connectivity index (χ4v) is 2.22. The lowest BCUT2D eigenvalue weighted by Crippen LogP contribution is -2.22. The molecular weight excluding hydrogens is 263 g/mol. The highest BCUT2D eigenvalue weighted by Crippen LogP contribution is 2.29. The summed E-state index contributed by atoms with van der Waals surface area (Å²) < 4.78 is 37.8. The summed E-state index contributed by atoms with van der Waals surface area (Å²) in [6, 6.07) is 5.53. The van der Waals surface area contributed by atoms with E-state index in [1.807, 2.05) is 0 Å². The summed E-state index contributed by atoms with van der Waals surface area (Å²) in [6.45, 7) is 5.69. The molecule has 4 heteroatoms. The largest absolute Gasteiger partial charge is 0.416 e. The van der Waals surface area contributed by atoms with Gasteiger partial charge in [0.2, 0.25) is 0 Å². The molecule has 0 aliphatic rings. The van der Waals surface area contributed by atoms with Gasteiger partial charge >= 0.3 is 6.18 Å². The molecule has 0 bridgehead atoms. The molecule has 0 aliphatic carbocycles. The van der Waals surface area contributed by atoms with Crippen LogP contribution in [0.15, 0.2) is 24.3 Å². The van der Waals surface area contributed by atoms with E-state index in [1.165, 1.54) is 31.4 Å². The van der Waals surface area contributed by atoms with Crippen LogP contribution >= 0.6 is 0 Å². The minimum atomic E-state index is -4.26. The second-order valence-electron chi connectivity index (χ2n) is 5.25. The maximum absolute atomic E-state index is 12.6. The zero-order chi connectivity index (χ0) is 15.0. The molecule has 0 saturated heterocycles. The predicted octanol–water partition coefficient (Wildman–Crippen LogP) is 5.01. The van der Waals surface area contributed by atoms with Crippen LogP contribution in [0.2, 0.25) is 0 Å². The van der Waals surface area contributed by atoms with E-state index in [9.17, 15) is 13.2 Å². The predicted molar refractivity (Wildman–Crippen MR) is 76.5 cm³/mol. The van der Waals surface area contributed by atoms with Gasteiger partial charge in [-0.25, -0.2) is 0 Å². The van der Waals surface area contributed by atoms with Gasteiger partial charge in [0.1, 0.15) is 0 Å². The maximum atomic E-state index is 12.6. The first-order chi connectivity index (χ1) is 9.47. The SMILES string of the molecule is CCCCC(CC)CNCc1cccc(C(F)(F)F)c1. The third-order valence-corrected chi connectivity index (χ3v) is 3.56. The highest BCUT2D eigenvalue weighted by atomic mass is 19.4. The zero-order valence-electron chi connectivity index (χ0n) is 12.3. The Morgan fingerprint density at radius 2 is 1.95 bits per heavy atom. The van der Waals surface area contributed by atoms with Gasteiger partial charge in [0, 0.05) is 6.54 Å². The van der Waals surface area contributed by atoms with Crippen molar-refractivity contribution in [1.82, 2.24) is 5.32 Å². The summed E-state index contributed by atoms with van der Waals surface area (Å²) in [6.07, 6.45) is 0.426. The molecule has 0 heterocycles. The summed E-state index contributed by atoms with van der Waals surface area (Å²) in [5.41, 5.74) is 0.111. The van der Waals surface area contributed by atoms with Crippen molar-refractivity contribution in [2.75, 3.05) is 6.54 Å². The van der Waals surface area contributed by atoms with Gasteiger partial charge in [-0.2, -0.15) is 13.2 Å². The second kappa shape index (κ2) is 8.30. The van der Waals surface area contributed by atoms with E-state index in [-0.39, 0.29) is 0 Å². The fraction of sp³-hybridized carbons (Fsp3) is 0.625. The second-order valence-corrected chi connectivity index (χ2v) is 5.25. The monoisotopic (exact) mass is 287 g/mol. The van der Waals surface area contributed by atoms with Crippen molar-refractivity contribution in [1.29, 1.82) is 0 Å². The average molecular weight is 287 g/mol. The number of hydrogen-bond donors (Lipinski definition) is 1. The van der Waals surface area contributed by atoms with Crippen LogP contribution < -0.4 is 5.32 Å². The quantitative estimate of drug-likeness (QED) is 0.708. The van der Waals surface area contributed by atoms with Crippen LogP contribution in [0.3, 0.4) is 0 Å². The number of alkyl halides is 3. The topological polar surface area (TPSA) is 12.0 Å². The van der Waals surface area contributed by atoms with Crippen molar-refractivity contribution in [3.63, 3.8) is 0 Å². The van der Waals surface area contributed by atoms with Crippen LogP contribution in [0.4, 0.5) is 13.2 Å². The van der Waals surface area contributed by atoms with Crippen LogP contribution in [-0.4, -0.2) is 6.54 Å². The van der Waals surface area contributed by atoms with Crippen molar-refractivity contribution in [3.05, 3.63) is 35.4 Å². The Morgan fingerprint density at radius 1 is 1.20 bits per heavy atom. The highest BCUT2D eigenvalue weighted by molar-refractivity contribution is 5.25. The van der Waals surface area contributed by atoms with Gasteiger partial charge in [-0.1, -0.05) is 51.3 Å². The maximum Gasteiger partial charge on any atom is 0.416 e. The molecule has 0 saturated carbocycles. The molecule has 1 atom stereocenters. The highest BCUT2D eigenvalue weighted by Gasteiger charge is 2.30. The summed E-state index contributed by atoms with van der Waals surface area (Å²) in [5, 5.41) is 3.27. The molecule has 0 radical (unpaired) electrons. The molecular formula is C16H24F3N. The van der Waals surface area contributed by atoms with Gasteiger partial charge in [-0.3, -0.25) is 0 Å². The van der Waals surface area contributed by atoms with Gasteiger partial charge in [0.15, 0.2) is 0 Å². The van der Waals surface area contributed by atoms with Gasteiger partial charge < -0.3 is 5.32 Å². The summed E-state index contributed by atoms with van der Waals surface area (Å²) in [5.74, 6) is 0.612. The Balaban J connectivity index is 2.45. The minimum Gasteiger partial charge on any atom is -0.312 e. The van der Waals surface area contributed by atoms with Crippen molar-refractivity contribution in [3.8, 4) is 0 Å². The lowest BCUT2D eigenvalue weighted by molar-refractivity contribution is -0.137. The van der Waals surface area contributed by atoms with Crippen molar-refractivity contribution in [2.24, 2.45) is 5.92 Å². The van der Waals surface area contributed by atoms with Crippen LogP contribution in [0.5, 0.6) is 0 Å². The van der Waals surface area contributed by atoms with Crippen LogP contribution in [0.1, 0.15) is 50.7 Å². The lowest BCUT2D eigenvalue weighted by atomic mass is 9.99. The number of unbranched alkanes of at least 4 members (excludes halogenated alkanes) is 1. The number of hydrogen-bond acceptors (Lipinski definition) is 1. The molecule has 1 aromatic carbocycles. The van der Waals surface area contributed by atoms with Gasteiger partial charge in [-0.15, -0.1) is 0 Å². The number of nitrogens with one attached hydrogen (secondary N) is 1. The van der Waals surface area contributed by atoms with Crippen molar-refractivity contribution < 1.29 is 13.2 Å². The number of halogens is 3. The first-order valence-electron chi connectivity index (χ1n) is 7.34. The molecule has 1 unspecified atom stereocenters. The average Bonchev–Trinajstić information content (AvgIpc) is 2.42. The molecule has 0 amide bonds. The van der Waals surface area contributed by atoms with Gasteiger partial charge in [-0.05, 0) is 30.5 Å². The Hall–Kier alpha value is -1.03. The number of rotatable bonds is 8. The Labute approximate surface area is 119 Å². The molecule has 0 spiro atoms. The standard InChI is InChI=1S/C16H24F3N/c1-3-5-7-13(4-2)11-20-12-14-8-6-9-15(10-14)16(17,18)19/h6,8-10,13,20H,3-5,7,11-12H2,1-2H3. The van der Waals surface area contributed by atoms with Gasteiger partial charge in [0.25, 0.3) is 0 Å². The van der Waals surface area contributed by atoms with Crippen molar-refractivity contribution >= 4 is 0 Å². The molecule has 0 fully saturated rings. The van der Waals surface area contributed by atoms with E-state index in [0.29, 0.717) is 18.0 Å².